The summed E-state index contributed by atoms with van der Waals surface area (Å²) < 4.78 is 0. The van der Waals surface area contributed by atoms with Gasteiger partial charge in [-0.05, 0) is 19.1 Å². The molecule has 0 aliphatic carbocycles. The molecule has 11 heavy (non-hydrogen) atoms. The maximum atomic E-state index is 11.0. The van der Waals surface area contributed by atoms with Gasteiger partial charge in [-0.25, -0.2) is 0 Å². The van der Waals surface area contributed by atoms with Crippen LogP contribution in [-0.4, -0.2) is 17.3 Å². The molecule has 0 saturated carbocycles. The minimum atomic E-state index is 0.347. The molecule has 0 aliphatic rings. The fourth-order valence-corrected chi connectivity index (χ4v) is 1.22. The van der Waals surface area contributed by atoms with Crippen LogP contribution in [0.25, 0.3) is 0 Å². The molecule has 2 heteroatoms. The highest BCUT2D eigenvalue weighted by Gasteiger charge is 2.00. The van der Waals surface area contributed by atoms with Crippen molar-refractivity contribution in [3.8, 4) is 0 Å². The fourth-order valence-electron chi connectivity index (χ4n) is 0.641. The van der Waals surface area contributed by atoms with E-state index in [1.807, 2.05) is 6.92 Å². The van der Waals surface area contributed by atoms with Gasteiger partial charge in [0.15, 0.2) is 0 Å². The van der Waals surface area contributed by atoms with E-state index < -0.39 is 0 Å². The zero-order chi connectivity index (χ0) is 8.69. The molecule has 0 unspecified atom stereocenters. The maximum absolute atomic E-state index is 11.0. The van der Waals surface area contributed by atoms with E-state index in [2.05, 4.69) is 13.5 Å². The third kappa shape index (κ3) is 7.66. The second-order valence-corrected chi connectivity index (χ2v) is 3.91. The summed E-state index contributed by atoms with van der Waals surface area (Å²) in [5.74, 6) is 2.04. The number of rotatable bonds is 6. The smallest absolute Gasteiger partial charge is 0.143 e. The second kappa shape index (κ2) is 6.47. The van der Waals surface area contributed by atoms with Gasteiger partial charge in [-0.2, -0.15) is 11.8 Å². The third-order valence-corrected chi connectivity index (χ3v) is 2.23. The van der Waals surface area contributed by atoms with Crippen LogP contribution in [0.1, 0.15) is 26.7 Å². The summed E-state index contributed by atoms with van der Waals surface area (Å²) in [6, 6.07) is 0. The number of ketones is 1. The van der Waals surface area contributed by atoms with Gasteiger partial charge in [0.25, 0.3) is 0 Å². The highest BCUT2D eigenvalue weighted by Crippen LogP contribution is 2.05. The lowest BCUT2D eigenvalue weighted by Gasteiger charge is -1.98. The zero-order valence-corrected chi connectivity index (χ0v) is 8.17. The van der Waals surface area contributed by atoms with Gasteiger partial charge in [0, 0.05) is 6.42 Å². The average Bonchev–Trinajstić information content (AvgIpc) is 1.97. The predicted octanol–water partition coefficient (Wildman–Crippen LogP) is 2.66. The van der Waals surface area contributed by atoms with E-state index in [0.717, 1.165) is 17.7 Å². The Balaban J connectivity index is 3.30. The number of hydrogen-bond donors (Lipinski definition) is 0. The van der Waals surface area contributed by atoms with Crippen LogP contribution in [0.5, 0.6) is 0 Å². The predicted molar refractivity (Wildman–Crippen MR) is 52.1 cm³/mol. The number of carbonyl (C=O) groups is 1. The monoisotopic (exact) mass is 172 g/mol. The third-order valence-electron chi connectivity index (χ3n) is 1.30. The standard InChI is InChI=1S/C9H16OS/c1-4-11-7-9(10)6-5-8(2)3/h2,4-7H2,1,3H3. The minimum Gasteiger partial charge on any atom is -0.299 e. The van der Waals surface area contributed by atoms with Crippen LogP contribution < -0.4 is 0 Å². The van der Waals surface area contributed by atoms with Gasteiger partial charge in [-0.15, -0.1) is 6.58 Å². The molecule has 0 amide bonds. The van der Waals surface area contributed by atoms with Crippen molar-refractivity contribution in [3.05, 3.63) is 12.2 Å². The summed E-state index contributed by atoms with van der Waals surface area (Å²) in [4.78, 5) is 11.0. The van der Waals surface area contributed by atoms with Crippen LogP contribution in [0, 0.1) is 0 Å². The molecule has 0 rings (SSSR count). The summed E-state index contributed by atoms with van der Waals surface area (Å²) in [6.07, 6.45) is 1.52. The summed E-state index contributed by atoms with van der Waals surface area (Å²) in [5, 5.41) is 0. The lowest BCUT2D eigenvalue weighted by molar-refractivity contribution is -0.116. The average molecular weight is 172 g/mol. The van der Waals surface area contributed by atoms with Crippen LogP contribution in [0.15, 0.2) is 12.2 Å². The lowest BCUT2D eigenvalue weighted by atomic mass is 10.1. The molecule has 0 aromatic carbocycles. The van der Waals surface area contributed by atoms with Gasteiger partial charge in [0.2, 0.25) is 0 Å². The van der Waals surface area contributed by atoms with Crippen molar-refractivity contribution in [1.82, 2.24) is 0 Å². The number of carbonyl (C=O) groups excluding carboxylic acids is 1. The number of hydrogen-bond acceptors (Lipinski definition) is 2. The summed E-state index contributed by atoms with van der Waals surface area (Å²) >= 11 is 1.69. The molecule has 0 spiro atoms. The van der Waals surface area contributed by atoms with E-state index in [-0.39, 0.29) is 0 Å². The molecule has 1 nitrogen and oxygen atoms in total. The van der Waals surface area contributed by atoms with Crippen molar-refractivity contribution in [1.29, 1.82) is 0 Å². The number of Topliss-reactive ketones (excluding diaryl/α,β-unsaturated/α-hetero) is 1. The van der Waals surface area contributed by atoms with Crippen LogP contribution in [-0.2, 0) is 4.79 Å². The van der Waals surface area contributed by atoms with Crippen molar-refractivity contribution >= 4 is 17.5 Å². The molecule has 0 N–H and O–H groups in total. The van der Waals surface area contributed by atoms with Crippen LogP contribution >= 0.6 is 11.8 Å². The largest absolute Gasteiger partial charge is 0.299 e. The number of thioether (sulfide) groups is 1. The quantitative estimate of drug-likeness (QED) is 0.573. The van der Waals surface area contributed by atoms with Gasteiger partial charge in [0.1, 0.15) is 5.78 Å². The Labute approximate surface area is 73.3 Å². The van der Waals surface area contributed by atoms with E-state index in [0.29, 0.717) is 18.0 Å². The van der Waals surface area contributed by atoms with E-state index >= 15 is 0 Å². The molecule has 0 radical (unpaired) electrons. The van der Waals surface area contributed by atoms with E-state index in [1.54, 1.807) is 11.8 Å². The second-order valence-electron chi connectivity index (χ2n) is 2.63. The first-order valence-corrected chi connectivity index (χ1v) is 5.06. The Morgan fingerprint density at radius 2 is 2.09 bits per heavy atom. The first-order chi connectivity index (χ1) is 5.16. The molecule has 0 aromatic rings. The molecule has 0 heterocycles. The van der Waals surface area contributed by atoms with Gasteiger partial charge in [0.05, 0.1) is 5.75 Å². The minimum absolute atomic E-state index is 0.347. The molecule has 0 saturated heterocycles. The Hall–Kier alpha value is -0.240. The molecular formula is C9H16OS. The number of allylic oxidation sites excluding steroid dienone is 1. The normalized spacial score (nSPS) is 9.64. The first kappa shape index (κ1) is 10.8. The van der Waals surface area contributed by atoms with Gasteiger partial charge >= 0.3 is 0 Å². The highest BCUT2D eigenvalue weighted by atomic mass is 32.2. The fraction of sp³-hybridized carbons (Fsp3) is 0.667. The highest BCUT2D eigenvalue weighted by molar-refractivity contribution is 7.99. The lowest BCUT2D eigenvalue weighted by Crippen LogP contribution is -2.01. The molecule has 0 fully saturated rings. The summed E-state index contributed by atoms with van der Waals surface area (Å²) in [5.41, 5.74) is 1.10. The Kier molecular flexibility index (Phi) is 6.33. The Bertz CT molecular complexity index is 140. The van der Waals surface area contributed by atoms with Crippen LogP contribution in [0.3, 0.4) is 0 Å². The Morgan fingerprint density at radius 3 is 2.55 bits per heavy atom. The molecular weight excluding hydrogens is 156 g/mol. The van der Waals surface area contributed by atoms with Crippen molar-refractivity contribution in [2.24, 2.45) is 0 Å². The van der Waals surface area contributed by atoms with Crippen molar-refractivity contribution < 1.29 is 4.79 Å². The summed E-state index contributed by atoms with van der Waals surface area (Å²) in [7, 11) is 0. The van der Waals surface area contributed by atoms with Crippen molar-refractivity contribution in [2.45, 2.75) is 26.7 Å². The molecule has 0 bridgehead atoms. The van der Waals surface area contributed by atoms with Crippen molar-refractivity contribution in [2.75, 3.05) is 11.5 Å². The topological polar surface area (TPSA) is 17.1 Å². The van der Waals surface area contributed by atoms with E-state index in [1.165, 1.54) is 0 Å². The maximum Gasteiger partial charge on any atom is 0.143 e. The molecule has 0 aromatic heterocycles. The molecule has 0 aliphatic heterocycles. The SMILES string of the molecule is C=C(C)CCC(=O)CSCC. The van der Waals surface area contributed by atoms with Gasteiger partial charge < -0.3 is 0 Å². The van der Waals surface area contributed by atoms with Crippen molar-refractivity contribution in [3.63, 3.8) is 0 Å². The van der Waals surface area contributed by atoms with Gasteiger partial charge in [-0.1, -0.05) is 12.5 Å². The Morgan fingerprint density at radius 1 is 1.45 bits per heavy atom. The van der Waals surface area contributed by atoms with Gasteiger partial charge in [-0.3, -0.25) is 4.79 Å². The van der Waals surface area contributed by atoms with Crippen LogP contribution in [0.4, 0.5) is 0 Å². The van der Waals surface area contributed by atoms with Crippen LogP contribution in [0.2, 0.25) is 0 Å². The first-order valence-electron chi connectivity index (χ1n) is 3.90. The molecule has 64 valence electrons. The summed E-state index contributed by atoms with van der Waals surface area (Å²) in [6.45, 7) is 7.77. The van der Waals surface area contributed by atoms with E-state index in [9.17, 15) is 4.79 Å². The zero-order valence-electron chi connectivity index (χ0n) is 7.35. The van der Waals surface area contributed by atoms with E-state index in [4.69, 9.17) is 0 Å². The molecule has 0 atom stereocenters.